The molecule has 1 atom stereocenters. The van der Waals surface area contributed by atoms with Crippen LogP contribution < -0.4 is 10.6 Å². The minimum Gasteiger partial charge on any atom is -0.355 e. The lowest BCUT2D eigenvalue weighted by Gasteiger charge is -2.33. The Balaban J connectivity index is 1.99. The molecule has 3 rings (SSSR count). The third kappa shape index (κ3) is 2.63. The highest BCUT2D eigenvalue weighted by Gasteiger charge is 2.20. The molecule has 2 heterocycles. The number of benzene rings is 1. The van der Waals surface area contributed by atoms with E-state index in [-0.39, 0.29) is 0 Å². The van der Waals surface area contributed by atoms with Crippen molar-refractivity contribution in [1.82, 2.24) is 4.98 Å². The zero-order valence-corrected chi connectivity index (χ0v) is 12.7. The van der Waals surface area contributed by atoms with Crippen LogP contribution in [-0.2, 0) is 6.54 Å². The monoisotopic (exact) mass is 287 g/mol. The third-order valence-corrected chi connectivity index (χ3v) is 5.30. The Morgan fingerprint density at radius 3 is 3.05 bits per heavy atom. The molecule has 20 heavy (non-hydrogen) atoms. The van der Waals surface area contributed by atoms with Gasteiger partial charge in [-0.15, -0.1) is 0 Å². The van der Waals surface area contributed by atoms with Gasteiger partial charge in [0, 0.05) is 36.0 Å². The van der Waals surface area contributed by atoms with Gasteiger partial charge in [0.15, 0.2) is 0 Å². The quantitative estimate of drug-likeness (QED) is 0.942. The molecule has 2 aromatic rings. The highest BCUT2D eigenvalue weighted by molar-refractivity contribution is 8.00. The molecule has 0 spiro atoms. The number of fused-ring (bicyclic) bond motifs is 1. The van der Waals surface area contributed by atoms with Crippen molar-refractivity contribution in [2.24, 2.45) is 5.73 Å². The minimum absolute atomic E-state index is 0.565. The smallest absolute Gasteiger partial charge is 0.129 e. The van der Waals surface area contributed by atoms with Crippen molar-refractivity contribution >= 4 is 28.5 Å². The summed E-state index contributed by atoms with van der Waals surface area (Å²) in [4.78, 5) is 7.25. The van der Waals surface area contributed by atoms with Gasteiger partial charge in [-0.25, -0.2) is 4.98 Å². The molecular formula is C16H21N3S. The van der Waals surface area contributed by atoms with Gasteiger partial charge >= 0.3 is 0 Å². The van der Waals surface area contributed by atoms with E-state index in [0.717, 1.165) is 29.7 Å². The molecule has 106 valence electrons. The first-order valence-electron chi connectivity index (χ1n) is 7.27. The van der Waals surface area contributed by atoms with Crippen LogP contribution in [-0.4, -0.2) is 29.1 Å². The summed E-state index contributed by atoms with van der Waals surface area (Å²) in [7, 11) is 0. The molecule has 2 N–H and O–H groups in total. The molecule has 0 amide bonds. The van der Waals surface area contributed by atoms with Crippen LogP contribution in [0.25, 0.3) is 10.9 Å². The van der Waals surface area contributed by atoms with Crippen LogP contribution in [0.15, 0.2) is 30.3 Å². The zero-order chi connectivity index (χ0) is 13.9. The third-order valence-electron chi connectivity index (χ3n) is 3.93. The summed E-state index contributed by atoms with van der Waals surface area (Å²) in [6.07, 6.45) is 1.22. The molecular weight excluding hydrogens is 266 g/mol. The number of nitrogens with two attached hydrogens (primary N) is 1. The number of rotatable bonds is 3. The van der Waals surface area contributed by atoms with Crippen molar-refractivity contribution in [2.75, 3.05) is 23.7 Å². The molecule has 1 aromatic heterocycles. The molecule has 1 saturated heterocycles. The molecule has 1 aliphatic rings. The number of nitrogens with zero attached hydrogens (tertiary/aromatic N) is 2. The standard InChI is InChI=1S/C16H21N3S/c1-2-13-11-19(7-8-20-13)16-9-12(10-17)14-5-3-4-6-15(14)18-16/h3-6,9,13H,2,7-8,10-11,17H2,1H3. The van der Waals surface area contributed by atoms with Gasteiger partial charge in [0.25, 0.3) is 0 Å². The fraction of sp³-hybridized carbons (Fsp3) is 0.438. The molecule has 1 fully saturated rings. The molecule has 4 heteroatoms. The average Bonchev–Trinajstić information content (AvgIpc) is 2.53. The summed E-state index contributed by atoms with van der Waals surface area (Å²) in [5.74, 6) is 2.27. The van der Waals surface area contributed by atoms with Crippen molar-refractivity contribution in [3.05, 3.63) is 35.9 Å². The number of hydrogen-bond acceptors (Lipinski definition) is 4. The number of para-hydroxylation sites is 1. The van der Waals surface area contributed by atoms with Crippen LogP contribution >= 0.6 is 11.8 Å². The summed E-state index contributed by atoms with van der Waals surface area (Å²) < 4.78 is 0. The van der Waals surface area contributed by atoms with E-state index in [9.17, 15) is 0 Å². The van der Waals surface area contributed by atoms with E-state index >= 15 is 0 Å². The van der Waals surface area contributed by atoms with Gasteiger partial charge in [-0.3, -0.25) is 0 Å². The van der Waals surface area contributed by atoms with Gasteiger partial charge in [-0.1, -0.05) is 25.1 Å². The summed E-state index contributed by atoms with van der Waals surface area (Å²) in [6, 6.07) is 10.4. The fourth-order valence-electron chi connectivity index (χ4n) is 2.74. The van der Waals surface area contributed by atoms with Crippen LogP contribution in [0, 0.1) is 0 Å². The van der Waals surface area contributed by atoms with Crippen LogP contribution in [0.5, 0.6) is 0 Å². The van der Waals surface area contributed by atoms with E-state index in [1.807, 2.05) is 12.1 Å². The zero-order valence-electron chi connectivity index (χ0n) is 11.9. The average molecular weight is 287 g/mol. The van der Waals surface area contributed by atoms with Crippen LogP contribution in [0.4, 0.5) is 5.82 Å². The second-order valence-corrected chi connectivity index (χ2v) is 6.62. The Morgan fingerprint density at radius 1 is 1.40 bits per heavy atom. The van der Waals surface area contributed by atoms with E-state index < -0.39 is 0 Å². The topological polar surface area (TPSA) is 42.1 Å². The van der Waals surface area contributed by atoms with Gasteiger partial charge in [0.2, 0.25) is 0 Å². The predicted octanol–water partition coefficient (Wildman–Crippen LogP) is 3.03. The number of aromatic nitrogens is 1. The maximum atomic E-state index is 5.92. The molecule has 0 saturated carbocycles. The Hall–Kier alpha value is -1.26. The normalized spacial score (nSPS) is 19.5. The van der Waals surface area contributed by atoms with Gasteiger partial charge in [-0.2, -0.15) is 11.8 Å². The van der Waals surface area contributed by atoms with Gasteiger partial charge < -0.3 is 10.6 Å². The summed E-state index contributed by atoms with van der Waals surface area (Å²) in [5.41, 5.74) is 8.16. The highest BCUT2D eigenvalue weighted by Crippen LogP contribution is 2.27. The predicted molar refractivity (Wildman–Crippen MR) is 88.4 cm³/mol. The Morgan fingerprint density at radius 2 is 2.25 bits per heavy atom. The summed E-state index contributed by atoms with van der Waals surface area (Å²) >= 11 is 2.08. The minimum atomic E-state index is 0.565. The van der Waals surface area contributed by atoms with Crippen LogP contribution in [0.2, 0.25) is 0 Å². The number of pyridine rings is 1. The first-order valence-corrected chi connectivity index (χ1v) is 8.32. The molecule has 0 bridgehead atoms. The molecule has 0 radical (unpaired) electrons. The van der Waals surface area contributed by atoms with Crippen LogP contribution in [0.1, 0.15) is 18.9 Å². The lowest BCUT2D eigenvalue weighted by Crippen LogP contribution is -2.38. The van der Waals surface area contributed by atoms with E-state index in [0.29, 0.717) is 6.54 Å². The first-order chi connectivity index (χ1) is 9.81. The van der Waals surface area contributed by atoms with Gasteiger partial charge in [-0.05, 0) is 24.1 Å². The summed E-state index contributed by atoms with van der Waals surface area (Å²) in [6.45, 7) is 5.00. The van der Waals surface area contributed by atoms with Gasteiger partial charge in [0.1, 0.15) is 5.82 Å². The van der Waals surface area contributed by atoms with Crippen molar-refractivity contribution in [3.63, 3.8) is 0 Å². The fourth-order valence-corrected chi connectivity index (χ4v) is 3.92. The summed E-state index contributed by atoms with van der Waals surface area (Å²) in [5, 5.41) is 1.90. The van der Waals surface area contributed by atoms with E-state index in [1.54, 1.807) is 0 Å². The Kier molecular flexibility index (Phi) is 4.13. The number of thioether (sulfide) groups is 1. The first kappa shape index (κ1) is 13.7. The lowest BCUT2D eigenvalue weighted by molar-refractivity contribution is 0.721. The van der Waals surface area contributed by atoms with E-state index in [2.05, 4.69) is 41.8 Å². The Bertz CT molecular complexity index is 599. The molecule has 1 unspecified atom stereocenters. The SMILES string of the molecule is CCC1CN(c2cc(CN)c3ccccc3n2)CCS1. The van der Waals surface area contributed by atoms with Crippen LogP contribution in [0.3, 0.4) is 0 Å². The van der Waals surface area contributed by atoms with Crippen molar-refractivity contribution in [2.45, 2.75) is 25.1 Å². The lowest BCUT2D eigenvalue weighted by atomic mass is 10.1. The highest BCUT2D eigenvalue weighted by atomic mass is 32.2. The molecule has 0 aliphatic carbocycles. The Labute approximate surface area is 124 Å². The molecule has 1 aromatic carbocycles. The second-order valence-electron chi connectivity index (χ2n) is 5.21. The second kappa shape index (κ2) is 6.02. The molecule has 1 aliphatic heterocycles. The van der Waals surface area contributed by atoms with Crippen molar-refractivity contribution < 1.29 is 0 Å². The van der Waals surface area contributed by atoms with Gasteiger partial charge in [0.05, 0.1) is 5.52 Å². The van der Waals surface area contributed by atoms with Crippen molar-refractivity contribution in [3.8, 4) is 0 Å². The van der Waals surface area contributed by atoms with E-state index in [4.69, 9.17) is 10.7 Å². The largest absolute Gasteiger partial charge is 0.355 e. The van der Waals surface area contributed by atoms with Crippen molar-refractivity contribution in [1.29, 1.82) is 0 Å². The van der Waals surface area contributed by atoms with E-state index in [1.165, 1.54) is 23.1 Å². The maximum Gasteiger partial charge on any atom is 0.129 e. The number of anilines is 1. The maximum absolute atomic E-state index is 5.92. The molecule has 3 nitrogen and oxygen atoms in total. The number of hydrogen-bond donors (Lipinski definition) is 1.